The van der Waals surface area contributed by atoms with Crippen molar-refractivity contribution in [2.75, 3.05) is 5.73 Å². The van der Waals surface area contributed by atoms with Gasteiger partial charge in [0, 0.05) is 35.8 Å². The lowest BCUT2D eigenvalue weighted by atomic mass is 9.86. The van der Waals surface area contributed by atoms with Crippen LogP contribution < -0.4 is 15.8 Å². The minimum atomic E-state index is 0.129. The van der Waals surface area contributed by atoms with Gasteiger partial charge in [-0.15, -0.1) is 0 Å². The van der Waals surface area contributed by atoms with Crippen LogP contribution in [0.5, 0.6) is 5.75 Å². The van der Waals surface area contributed by atoms with E-state index in [2.05, 4.69) is 31.1 Å². The number of rotatable bonds is 9. The van der Waals surface area contributed by atoms with Crippen LogP contribution in [-0.2, 0) is 0 Å². The van der Waals surface area contributed by atoms with Gasteiger partial charge in [0.05, 0.1) is 6.10 Å². The Balaban J connectivity index is 2.13. The summed E-state index contributed by atoms with van der Waals surface area (Å²) in [6, 6.07) is 2.32. The molecule has 1 aromatic rings. The zero-order chi connectivity index (χ0) is 18.9. The van der Waals surface area contributed by atoms with Gasteiger partial charge in [-0.05, 0) is 44.6 Å². The van der Waals surface area contributed by atoms with Crippen molar-refractivity contribution >= 4 is 17.6 Å². The van der Waals surface area contributed by atoms with Crippen LogP contribution in [-0.4, -0.2) is 23.3 Å². The molecule has 0 saturated heterocycles. The Bertz CT molecular complexity index is 604. The number of anilines is 1. The number of aromatic nitrogens is 1. The highest BCUT2D eigenvalue weighted by atomic mass is 16.5. The highest BCUT2D eigenvalue weighted by molar-refractivity contribution is 6.08. The molecule has 1 aliphatic carbocycles. The number of allylic oxidation sites excluding steroid dienone is 1. The van der Waals surface area contributed by atoms with Crippen LogP contribution in [0.1, 0.15) is 71.3 Å². The second-order valence-electron chi connectivity index (χ2n) is 7.25. The molecule has 5 nitrogen and oxygen atoms in total. The first-order chi connectivity index (χ1) is 12.6. The largest absolute Gasteiger partial charge is 0.487 e. The fourth-order valence-corrected chi connectivity index (χ4v) is 3.55. The predicted molar refractivity (Wildman–Crippen MR) is 110 cm³/mol. The molecule has 5 heteroatoms. The lowest BCUT2D eigenvalue weighted by Crippen LogP contribution is -2.26. The molecule has 26 heavy (non-hydrogen) atoms. The Morgan fingerprint density at radius 3 is 2.65 bits per heavy atom. The van der Waals surface area contributed by atoms with Crippen LogP contribution in [0, 0.1) is 11.3 Å². The molecule has 1 unspecified atom stereocenters. The Hall–Kier alpha value is -2.04. The van der Waals surface area contributed by atoms with E-state index in [9.17, 15) is 0 Å². The van der Waals surface area contributed by atoms with E-state index < -0.39 is 0 Å². The van der Waals surface area contributed by atoms with Crippen molar-refractivity contribution in [1.82, 2.24) is 10.3 Å². The summed E-state index contributed by atoms with van der Waals surface area (Å²) in [4.78, 5) is 4.29. The maximum absolute atomic E-state index is 7.75. The third-order valence-electron chi connectivity index (χ3n) is 5.46. The maximum Gasteiger partial charge on any atom is 0.166 e. The third-order valence-corrected chi connectivity index (χ3v) is 5.46. The van der Waals surface area contributed by atoms with Gasteiger partial charge in [0.1, 0.15) is 0 Å². The van der Waals surface area contributed by atoms with Crippen molar-refractivity contribution in [3.63, 3.8) is 0 Å². The van der Waals surface area contributed by atoms with Gasteiger partial charge in [0.25, 0.3) is 0 Å². The lowest BCUT2D eigenvalue weighted by Gasteiger charge is -2.28. The first-order valence-electron chi connectivity index (χ1n) is 9.98. The maximum atomic E-state index is 7.75. The van der Waals surface area contributed by atoms with E-state index >= 15 is 0 Å². The number of hydrogen-bond acceptors (Lipinski definition) is 5. The van der Waals surface area contributed by atoms with E-state index in [-0.39, 0.29) is 6.10 Å². The fraction of sp³-hybridized carbons (Fsp3) is 0.619. The molecule has 0 aliphatic heterocycles. The number of nitrogens with two attached hydrogens (primary N) is 1. The molecular weight excluding hydrogens is 324 g/mol. The molecule has 1 aliphatic rings. The van der Waals surface area contributed by atoms with E-state index in [1.165, 1.54) is 38.3 Å². The number of hydrogen-bond donors (Lipinski definition) is 3. The van der Waals surface area contributed by atoms with Crippen LogP contribution in [0.25, 0.3) is 5.57 Å². The van der Waals surface area contributed by atoms with Gasteiger partial charge in [-0.1, -0.05) is 33.1 Å². The Kier molecular flexibility index (Phi) is 7.95. The molecule has 1 fully saturated rings. The minimum Gasteiger partial charge on any atom is -0.487 e. The number of nitrogen functional groups attached to an aromatic ring is 1. The van der Waals surface area contributed by atoms with Crippen molar-refractivity contribution in [3.8, 4) is 5.75 Å². The Morgan fingerprint density at radius 1 is 1.35 bits per heavy atom. The number of pyridine rings is 1. The van der Waals surface area contributed by atoms with Crippen molar-refractivity contribution in [2.24, 2.45) is 5.92 Å². The van der Waals surface area contributed by atoms with E-state index in [1.807, 2.05) is 12.3 Å². The number of nitrogens with one attached hydrogen (secondary N) is 2. The van der Waals surface area contributed by atoms with Crippen LogP contribution in [0.15, 0.2) is 18.5 Å². The summed E-state index contributed by atoms with van der Waals surface area (Å²) in [5.74, 6) is 1.62. The van der Waals surface area contributed by atoms with Crippen LogP contribution in [0.4, 0.5) is 5.82 Å². The summed E-state index contributed by atoms with van der Waals surface area (Å²) >= 11 is 0. The zero-order valence-electron chi connectivity index (χ0n) is 16.4. The van der Waals surface area contributed by atoms with Gasteiger partial charge in [0.2, 0.25) is 0 Å². The van der Waals surface area contributed by atoms with Gasteiger partial charge in [0.15, 0.2) is 11.6 Å². The van der Waals surface area contributed by atoms with Crippen molar-refractivity contribution in [1.29, 1.82) is 5.41 Å². The lowest BCUT2D eigenvalue weighted by molar-refractivity contribution is 0.124. The third kappa shape index (κ3) is 5.48. The van der Waals surface area contributed by atoms with Gasteiger partial charge in [-0.2, -0.15) is 0 Å². The highest BCUT2D eigenvalue weighted by Crippen LogP contribution is 2.31. The zero-order valence-corrected chi connectivity index (χ0v) is 16.4. The molecule has 4 N–H and O–H groups in total. The molecular formula is C21H34N4O. The molecule has 2 rings (SSSR count). The summed E-state index contributed by atoms with van der Waals surface area (Å²) in [6.07, 6.45) is 13.5. The van der Waals surface area contributed by atoms with Crippen LogP contribution in [0.3, 0.4) is 0 Å². The standard InChI is InChI=1S/C21H34N4O/c1-4-19(5-2)24-14-18(12-22)17-11-20(21(23)25-13-17)26-15(3)16-9-7-6-8-10-16/h11-16,19,22,24H,4-10H2,1-3H3,(H2,23,25)/b18-14+,22-12?. The topological polar surface area (TPSA) is 84.0 Å². The van der Waals surface area contributed by atoms with E-state index in [1.54, 1.807) is 6.20 Å². The normalized spacial score (nSPS) is 17.2. The van der Waals surface area contributed by atoms with E-state index in [0.29, 0.717) is 23.5 Å². The van der Waals surface area contributed by atoms with Gasteiger partial charge in [-0.3, -0.25) is 0 Å². The molecule has 144 valence electrons. The molecule has 1 saturated carbocycles. The van der Waals surface area contributed by atoms with E-state index in [4.69, 9.17) is 15.9 Å². The van der Waals surface area contributed by atoms with Gasteiger partial charge in [-0.25, -0.2) is 4.98 Å². The Morgan fingerprint density at radius 2 is 2.04 bits per heavy atom. The minimum absolute atomic E-state index is 0.129. The fourth-order valence-electron chi connectivity index (χ4n) is 3.55. The molecule has 1 heterocycles. The summed E-state index contributed by atoms with van der Waals surface area (Å²) in [5.41, 5.74) is 7.67. The first kappa shape index (κ1) is 20.3. The summed E-state index contributed by atoms with van der Waals surface area (Å²) in [7, 11) is 0. The summed E-state index contributed by atoms with van der Waals surface area (Å²) in [6.45, 7) is 6.44. The van der Waals surface area contributed by atoms with Crippen LogP contribution >= 0.6 is 0 Å². The summed E-state index contributed by atoms with van der Waals surface area (Å²) < 4.78 is 6.18. The van der Waals surface area contributed by atoms with Crippen molar-refractivity contribution in [2.45, 2.75) is 77.9 Å². The molecule has 0 amide bonds. The molecule has 0 aromatic carbocycles. The Labute approximate surface area is 157 Å². The summed E-state index contributed by atoms with van der Waals surface area (Å²) in [5, 5.41) is 11.1. The number of nitrogens with zero attached hydrogens (tertiary/aromatic N) is 1. The second kappa shape index (κ2) is 10.2. The smallest absolute Gasteiger partial charge is 0.166 e. The second-order valence-corrected chi connectivity index (χ2v) is 7.25. The molecule has 0 spiro atoms. The average Bonchev–Trinajstić information content (AvgIpc) is 2.68. The molecule has 0 radical (unpaired) electrons. The molecule has 0 bridgehead atoms. The SMILES string of the molecule is CCC(CC)N/C=C(\C=N)c1cnc(N)c(OC(C)C2CCCCC2)c1. The first-order valence-corrected chi connectivity index (χ1v) is 9.98. The molecule has 1 aromatic heterocycles. The average molecular weight is 359 g/mol. The van der Waals surface area contributed by atoms with Crippen LogP contribution in [0.2, 0.25) is 0 Å². The van der Waals surface area contributed by atoms with E-state index in [0.717, 1.165) is 24.0 Å². The van der Waals surface area contributed by atoms with Gasteiger partial charge < -0.3 is 21.2 Å². The monoisotopic (exact) mass is 358 g/mol. The highest BCUT2D eigenvalue weighted by Gasteiger charge is 2.22. The predicted octanol–water partition coefficient (Wildman–Crippen LogP) is 4.78. The van der Waals surface area contributed by atoms with Crippen molar-refractivity contribution in [3.05, 3.63) is 24.0 Å². The molecule has 1 atom stereocenters. The van der Waals surface area contributed by atoms with Gasteiger partial charge >= 0.3 is 0 Å². The van der Waals surface area contributed by atoms with Crippen molar-refractivity contribution < 1.29 is 4.74 Å². The quantitative estimate of drug-likeness (QED) is 0.555. The number of ether oxygens (including phenoxy) is 1.